The van der Waals surface area contributed by atoms with Crippen molar-refractivity contribution in [2.45, 2.75) is 62.9 Å². The number of nitrogens with one attached hydrogen (secondary N) is 1. The third-order valence-electron chi connectivity index (χ3n) is 8.13. The summed E-state index contributed by atoms with van der Waals surface area (Å²) in [6.45, 7) is 7.72. The third kappa shape index (κ3) is 3.53. The molecule has 3 unspecified atom stereocenters. The van der Waals surface area contributed by atoms with Gasteiger partial charge in [-0.05, 0) is 37.3 Å². The molecular formula is C25H33N5O5S. The third-order valence-corrected chi connectivity index (χ3v) is 10.2. The Bertz CT molecular complexity index is 1190. The van der Waals surface area contributed by atoms with Crippen molar-refractivity contribution in [2.75, 3.05) is 13.2 Å². The maximum Gasteiger partial charge on any atom is 0.310 e. The number of amides is 2. The van der Waals surface area contributed by atoms with E-state index in [1.54, 1.807) is 28.3 Å². The molecule has 3 saturated heterocycles. The van der Waals surface area contributed by atoms with E-state index in [0.29, 0.717) is 0 Å². The number of aliphatic hydroxyl groups is 1. The lowest BCUT2D eigenvalue weighted by Gasteiger charge is -2.40. The number of carbonyl (C=O) groups excluding carboxylic acids is 3. The molecular weight excluding hydrogens is 482 g/mol. The summed E-state index contributed by atoms with van der Waals surface area (Å²) in [6.07, 6.45) is 0.731. The van der Waals surface area contributed by atoms with Gasteiger partial charge in [0.2, 0.25) is 11.8 Å². The van der Waals surface area contributed by atoms with Crippen molar-refractivity contribution in [3.8, 4) is 0 Å². The van der Waals surface area contributed by atoms with Crippen LogP contribution in [-0.2, 0) is 25.8 Å². The Morgan fingerprint density at radius 3 is 2.78 bits per heavy atom. The molecule has 36 heavy (non-hydrogen) atoms. The molecule has 0 aliphatic carbocycles. The molecule has 194 valence electrons. The van der Waals surface area contributed by atoms with E-state index in [4.69, 9.17) is 4.74 Å². The van der Waals surface area contributed by atoms with E-state index >= 15 is 0 Å². The van der Waals surface area contributed by atoms with Gasteiger partial charge < -0.3 is 20.1 Å². The van der Waals surface area contributed by atoms with Gasteiger partial charge in [0.25, 0.3) is 0 Å². The zero-order chi connectivity index (χ0) is 25.8. The highest BCUT2D eigenvalue weighted by molar-refractivity contribution is 8.02. The Hall–Kier alpha value is -2.66. The summed E-state index contributed by atoms with van der Waals surface area (Å²) >= 11 is 1.59. The number of thioether (sulfide) groups is 1. The van der Waals surface area contributed by atoms with Crippen LogP contribution >= 0.6 is 11.8 Å². The van der Waals surface area contributed by atoms with E-state index in [1.807, 2.05) is 38.1 Å². The summed E-state index contributed by atoms with van der Waals surface area (Å²) in [6, 6.07) is 6.11. The molecule has 3 fully saturated rings. The van der Waals surface area contributed by atoms with Crippen LogP contribution in [0.4, 0.5) is 0 Å². The zero-order valence-corrected chi connectivity index (χ0v) is 21.8. The molecule has 1 spiro atoms. The predicted molar refractivity (Wildman–Crippen MR) is 134 cm³/mol. The van der Waals surface area contributed by atoms with Crippen molar-refractivity contribution in [1.29, 1.82) is 0 Å². The van der Waals surface area contributed by atoms with Gasteiger partial charge in [0.15, 0.2) is 0 Å². The Balaban J connectivity index is 1.51. The highest BCUT2D eigenvalue weighted by Gasteiger charge is 2.76. The summed E-state index contributed by atoms with van der Waals surface area (Å²) in [7, 11) is 0. The molecule has 2 amide bonds. The van der Waals surface area contributed by atoms with Gasteiger partial charge in [0.05, 0.1) is 41.4 Å². The summed E-state index contributed by atoms with van der Waals surface area (Å²) < 4.78 is 6.22. The molecule has 2 N–H and O–H groups in total. The van der Waals surface area contributed by atoms with Gasteiger partial charge in [0.1, 0.15) is 18.2 Å². The van der Waals surface area contributed by atoms with E-state index in [9.17, 15) is 19.5 Å². The van der Waals surface area contributed by atoms with Crippen LogP contribution in [0.15, 0.2) is 24.3 Å². The van der Waals surface area contributed by atoms with Crippen LogP contribution in [0.3, 0.4) is 0 Å². The number of fused-ring (bicyclic) bond motifs is 2. The van der Waals surface area contributed by atoms with Crippen molar-refractivity contribution in [3.63, 3.8) is 0 Å². The highest BCUT2D eigenvalue weighted by Crippen LogP contribution is 2.69. The number of likely N-dealkylation sites (tertiary alicyclic amines) is 1. The van der Waals surface area contributed by atoms with Gasteiger partial charge in [-0.2, -0.15) is 0 Å². The molecule has 4 heterocycles. The fraction of sp³-hybridized carbons (Fsp3) is 0.640. The molecule has 1 aromatic carbocycles. The number of rotatable bonds is 8. The second-order valence-electron chi connectivity index (χ2n) is 10.3. The number of para-hydroxylation sites is 1. The molecule has 3 aliphatic rings. The first-order valence-corrected chi connectivity index (χ1v) is 13.5. The number of esters is 1. The Morgan fingerprint density at radius 1 is 1.33 bits per heavy atom. The quantitative estimate of drug-likeness (QED) is 0.506. The molecule has 2 bridgehead atoms. The topological polar surface area (TPSA) is 127 Å². The average Bonchev–Trinajstić information content (AvgIpc) is 3.56. The average molecular weight is 516 g/mol. The van der Waals surface area contributed by atoms with E-state index in [0.717, 1.165) is 17.5 Å². The maximum atomic E-state index is 14.0. The van der Waals surface area contributed by atoms with Crippen molar-refractivity contribution in [3.05, 3.63) is 24.3 Å². The number of carbonyl (C=O) groups is 3. The van der Waals surface area contributed by atoms with Gasteiger partial charge in [-0.25, -0.2) is 4.68 Å². The molecule has 7 atom stereocenters. The molecule has 2 aromatic rings. The first kappa shape index (κ1) is 25.0. The van der Waals surface area contributed by atoms with Gasteiger partial charge in [-0.15, -0.1) is 16.9 Å². The number of ether oxygens (including phenoxy) is 1. The maximum absolute atomic E-state index is 14.0. The number of hydrogen-bond donors (Lipinski definition) is 2. The lowest BCUT2D eigenvalue weighted by atomic mass is 9.66. The smallest absolute Gasteiger partial charge is 0.310 e. The highest BCUT2D eigenvalue weighted by atomic mass is 32.2. The SMILES string of the molecule is CCOC(=O)[C@@H]1[C@H]2C(=O)N([C@@H](CO)C(C)C)C(C(=O)NCn3nnc4ccccc43)C23S[C@@H]1CC3C. The minimum Gasteiger partial charge on any atom is -0.466 e. The molecule has 11 heteroatoms. The standard InChI is InChI=1S/C25H33N5O5S/c1-5-35-24(34)19-18-10-14(4)25(36-18)20(19)23(33)30(17(11-31)13(2)3)21(25)22(32)26-12-29-16-9-7-6-8-15(16)27-28-29/h6-9,13-14,17-21,31H,5,10-12H2,1-4H3,(H,26,32)/t14?,17-,18+,19-,20-,21?,25?/m0/s1. The van der Waals surface area contributed by atoms with E-state index in [2.05, 4.69) is 22.6 Å². The van der Waals surface area contributed by atoms with Gasteiger partial charge >= 0.3 is 5.97 Å². The van der Waals surface area contributed by atoms with Gasteiger partial charge in [0, 0.05) is 5.25 Å². The number of benzene rings is 1. The van der Waals surface area contributed by atoms with Crippen LogP contribution < -0.4 is 5.32 Å². The summed E-state index contributed by atoms with van der Waals surface area (Å²) in [5.74, 6) is -2.23. The van der Waals surface area contributed by atoms with Crippen LogP contribution in [0, 0.1) is 23.7 Å². The van der Waals surface area contributed by atoms with Crippen molar-refractivity contribution in [1.82, 2.24) is 25.2 Å². The number of nitrogens with zero attached hydrogens (tertiary/aromatic N) is 4. The monoisotopic (exact) mass is 515 g/mol. The summed E-state index contributed by atoms with van der Waals surface area (Å²) in [5, 5.41) is 21.5. The Labute approximate surface area is 214 Å². The molecule has 0 saturated carbocycles. The molecule has 10 nitrogen and oxygen atoms in total. The fourth-order valence-corrected chi connectivity index (χ4v) is 8.92. The molecule has 5 rings (SSSR count). The second kappa shape index (κ2) is 9.33. The van der Waals surface area contributed by atoms with Crippen LogP contribution in [0.25, 0.3) is 11.0 Å². The first-order chi connectivity index (χ1) is 17.3. The van der Waals surface area contributed by atoms with Gasteiger partial charge in [-0.1, -0.05) is 38.1 Å². The normalized spacial score (nSPS) is 31.8. The zero-order valence-electron chi connectivity index (χ0n) is 21.0. The van der Waals surface area contributed by atoms with E-state index in [1.165, 1.54) is 0 Å². The molecule has 0 radical (unpaired) electrons. The number of aromatic nitrogens is 3. The summed E-state index contributed by atoms with van der Waals surface area (Å²) in [5.41, 5.74) is 1.51. The van der Waals surface area contributed by atoms with Crippen molar-refractivity contribution < 1.29 is 24.2 Å². The minimum absolute atomic E-state index is 0.0339. The first-order valence-electron chi connectivity index (χ1n) is 12.6. The van der Waals surface area contributed by atoms with Crippen LogP contribution in [0.5, 0.6) is 0 Å². The Kier molecular flexibility index (Phi) is 6.48. The van der Waals surface area contributed by atoms with Crippen LogP contribution in [0.1, 0.15) is 34.1 Å². The molecule has 1 aromatic heterocycles. The van der Waals surface area contributed by atoms with Gasteiger partial charge in [-0.3, -0.25) is 14.4 Å². The van der Waals surface area contributed by atoms with Crippen molar-refractivity contribution >= 4 is 40.6 Å². The van der Waals surface area contributed by atoms with E-state index < -0.39 is 28.7 Å². The number of aliphatic hydroxyl groups excluding tert-OH is 1. The Morgan fingerprint density at radius 2 is 2.08 bits per heavy atom. The minimum atomic E-state index is -0.825. The van der Waals surface area contributed by atoms with E-state index in [-0.39, 0.29) is 54.8 Å². The van der Waals surface area contributed by atoms with Crippen LogP contribution in [0.2, 0.25) is 0 Å². The molecule has 3 aliphatic heterocycles. The second-order valence-corrected chi connectivity index (χ2v) is 11.9. The van der Waals surface area contributed by atoms with Crippen LogP contribution in [-0.4, -0.2) is 78.1 Å². The number of hydrogen-bond acceptors (Lipinski definition) is 8. The largest absolute Gasteiger partial charge is 0.466 e. The predicted octanol–water partition coefficient (Wildman–Crippen LogP) is 1.42. The lowest BCUT2D eigenvalue weighted by molar-refractivity contribution is -0.154. The summed E-state index contributed by atoms with van der Waals surface area (Å²) in [4.78, 5) is 42.6. The lowest BCUT2D eigenvalue weighted by Crippen LogP contribution is -2.59. The fourth-order valence-electron chi connectivity index (χ4n) is 6.53. The van der Waals surface area contributed by atoms with Crippen molar-refractivity contribution in [2.24, 2.45) is 23.7 Å².